The number of unbranched alkanes of at least 4 members (excludes halogenated alkanes) is 12. The molecule has 0 amide bonds. The maximum Gasteiger partial charge on any atom is 0.306 e. The van der Waals surface area contributed by atoms with Crippen molar-refractivity contribution in [2.75, 3.05) is 27.2 Å². The molecule has 0 aromatic rings. The Labute approximate surface area is 351 Å². The Kier molecular flexibility index (Phi) is 23.8. The highest BCUT2D eigenvalue weighted by Gasteiger charge is 2.67. The number of nitrogens with zero attached hydrogens (tertiary/aromatic N) is 1. The van der Waals surface area contributed by atoms with Crippen LogP contribution in [0.3, 0.4) is 0 Å². The molecule has 7 heteroatoms. The van der Waals surface area contributed by atoms with Crippen molar-refractivity contribution in [3.8, 4) is 0 Å². The van der Waals surface area contributed by atoms with Crippen molar-refractivity contribution in [2.24, 2.45) is 34.5 Å². The lowest BCUT2D eigenvalue weighted by Crippen LogP contribution is -2.40. The van der Waals surface area contributed by atoms with Crippen molar-refractivity contribution in [3.63, 3.8) is 0 Å². The van der Waals surface area contributed by atoms with Gasteiger partial charge in [-0.3, -0.25) is 14.4 Å². The third-order valence-corrected chi connectivity index (χ3v) is 14.7. The zero-order chi connectivity index (χ0) is 41.5. The van der Waals surface area contributed by atoms with E-state index in [-0.39, 0.29) is 35.5 Å². The highest BCUT2D eigenvalue weighted by atomic mass is 16.5. The van der Waals surface area contributed by atoms with Gasteiger partial charge in [-0.15, -0.1) is 0 Å². The van der Waals surface area contributed by atoms with Crippen LogP contribution in [0.25, 0.3) is 0 Å². The van der Waals surface area contributed by atoms with Gasteiger partial charge in [0.1, 0.15) is 6.10 Å². The predicted octanol–water partition coefficient (Wildman–Crippen LogP) is 13.2. The number of carbonyl (C=O) groups is 3. The van der Waals surface area contributed by atoms with Crippen molar-refractivity contribution in [1.82, 2.24) is 4.90 Å². The summed E-state index contributed by atoms with van der Waals surface area (Å²) in [7, 11) is 4.06. The molecule has 0 aromatic heterocycles. The van der Waals surface area contributed by atoms with E-state index in [4.69, 9.17) is 14.2 Å². The number of esters is 3. The van der Waals surface area contributed by atoms with E-state index in [1.807, 2.05) is 14.1 Å². The minimum atomic E-state index is -0.0724. The largest absolute Gasteiger partial charge is 0.466 e. The number of ether oxygens (including phenoxy) is 3. The molecule has 4 unspecified atom stereocenters. The number of hydrogen-bond acceptors (Lipinski definition) is 7. The van der Waals surface area contributed by atoms with Gasteiger partial charge in [0.2, 0.25) is 0 Å². The van der Waals surface area contributed by atoms with Crippen LogP contribution in [0, 0.1) is 34.5 Å². The molecular weight excluding hydrogens is 711 g/mol. The molecule has 4 bridgehead atoms. The highest BCUT2D eigenvalue weighted by molar-refractivity contribution is 5.70. The second-order valence-corrected chi connectivity index (χ2v) is 20.1. The maximum absolute atomic E-state index is 12.7. The molecule has 0 saturated heterocycles. The average Bonchev–Trinajstić information content (AvgIpc) is 3.91. The quantitative estimate of drug-likeness (QED) is 0.0354. The number of rotatable bonds is 36. The zero-order valence-corrected chi connectivity index (χ0v) is 38.5. The average molecular weight is 802 g/mol. The van der Waals surface area contributed by atoms with Gasteiger partial charge in [-0.1, -0.05) is 118 Å². The van der Waals surface area contributed by atoms with Gasteiger partial charge < -0.3 is 19.1 Å². The van der Waals surface area contributed by atoms with E-state index in [2.05, 4.69) is 39.5 Å². The molecule has 0 aliphatic heterocycles. The summed E-state index contributed by atoms with van der Waals surface area (Å²) in [6.45, 7) is 13.0. The molecule has 4 fully saturated rings. The molecule has 0 aromatic carbocycles. The molecule has 0 N–H and O–H groups in total. The smallest absolute Gasteiger partial charge is 0.306 e. The van der Waals surface area contributed by atoms with Crippen molar-refractivity contribution >= 4 is 17.9 Å². The second-order valence-electron chi connectivity index (χ2n) is 20.1. The Morgan fingerprint density at radius 2 is 1.12 bits per heavy atom. The fraction of sp³-hybridized carbons (Fsp3) is 0.940. The van der Waals surface area contributed by atoms with E-state index in [9.17, 15) is 14.4 Å². The van der Waals surface area contributed by atoms with Crippen molar-refractivity contribution < 1.29 is 28.6 Å². The first-order valence-corrected chi connectivity index (χ1v) is 24.6. The van der Waals surface area contributed by atoms with Gasteiger partial charge in [-0.2, -0.15) is 0 Å². The van der Waals surface area contributed by atoms with Crippen molar-refractivity contribution in [2.45, 2.75) is 239 Å². The number of hydrogen-bond donors (Lipinski definition) is 0. The van der Waals surface area contributed by atoms with Crippen LogP contribution in [-0.4, -0.2) is 62.3 Å². The number of carbonyl (C=O) groups excluding carboxylic acids is 3. The first kappa shape index (κ1) is 49.7. The van der Waals surface area contributed by atoms with E-state index < -0.39 is 0 Å². The van der Waals surface area contributed by atoms with Gasteiger partial charge >= 0.3 is 17.9 Å². The van der Waals surface area contributed by atoms with Gasteiger partial charge in [0.15, 0.2) is 0 Å². The normalized spacial score (nSPS) is 22.2. The van der Waals surface area contributed by atoms with Crippen LogP contribution < -0.4 is 0 Å². The molecule has 0 heterocycles. The van der Waals surface area contributed by atoms with E-state index >= 15 is 0 Å². The Bertz CT molecular complexity index is 1100. The van der Waals surface area contributed by atoms with Crippen molar-refractivity contribution in [1.29, 1.82) is 0 Å². The summed E-state index contributed by atoms with van der Waals surface area (Å²) >= 11 is 0. The van der Waals surface area contributed by atoms with E-state index in [1.54, 1.807) is 0 Å². The molecule has 4 atom stereocenters. The van der Waals surface area contributed by atoms with Gasteiger partial charge in [0.25, 0.3) is 0 Å². The standard InChI is InChI=1S/C50H91NO6/c1-8-10-18-25-41(26-19-11-9-2)32-34-55-46(52)29-22-16-12-14-20-27-45(57-48(54)31-24-33-51(6)7)28-21-15-13-17-23-30-47(53)56-40(3)37-49(4,5)50-38-42-35-44(50)36-43(42)39-50/h40-45H,8-39H2,1-7H3. The lowest BCUT2D eigenvalue weighted by atomic mass is 9.59. The van der Waals surface area contributed by atoms with Crippen LogP contribution in [0.15, 0.2) is 0 Å². The van der Waals surface area contributed by atoms with Crippen molar-refractivity contribution in [3.05, 3.63) is 0 Å². The molecular formula is C50H91NO6. The summed E-state index contributed by atoms with van der Waals surface area (Å²) in [4.78, 5) is 39.9. The van der Waals surface area contributed by atoms with Crippen LogP contribution in [0.4, 0.5) is 0 Å². The molecule has 7 nitrogen and oxygen atoms in total. The van der Waals surface area contributed by atoms with E-state index in [0.29, 0.717) is 37.2 Å². The first-order chi connectivity index (χ1) is 27.4. The molecule has 57 heavy (non-hydrogen) atoms. The summed E-state index contributed by atoms with van der Waals surface area (Å²) in [5, 5.41) is 0. The van der Waals surface area contributed by atoms with Gasteiger partial charge in [0.05, 0.1) is 12.7 Å². The summed E-state index contributed by atoms with van der Waals surface area (Å²) < 4.78 is 17.6. The molecule has 0 radical (unpaired) electrons. The first-order valence-electron chi connectivity index (χ1n) is 24.6. The summed E-state index contributed by atoms with van der Waals surface area (Å²) in [5.74, 6) is 3.41. The van der Waals surface area contributed by atoms with Crippen LogP contribution >= 0.6 is 0 Å². The molecule has 332 valence electrons. The van der Waals surface area contributed by atoms with Crippen LogP contribution in [-0.2, 0) is 28.6 Å². The molecule has 4 rings (SSSR count). The fourth-order valence-electron chi connectivity index (χ4n) is 11.5. The Balaban J connectivity index is 1.24. The fourth-order valence-corrected chi connectivity index (χ4v) is 11.5. The minimum absolute atomic E-state index is 0.0158. The van der Waals surface area contributed by atoms with Crippen LogP contribution in [0.2, 0.25) is 0 Å². The topological polar surface area (TPSA) is 82.1 Å². The third-order valence-electron chi connectivity index (χ3n) is 14.7. The monoisotopic (exact) mass is 802 g/mol. The highest BCUT2D eigenvalue weighted by Crippen LogP contribution is 2.75. The molecule has 4 aliphatic carbocycles. The predicted molar refractivity (Wildman–Crippen MR) is 235 cm³/mol. The van der Waals surface area contributed by atoms with E-state index in [0.717, 1.165) is 121 Å². The Morgan fingerprint density at radius 1 is 0.632 bits per heavy atom. The molecule has 4 aliphatic rings. The lowest BCUT2D eigenvalue weighted by Gasteiger charge is -2.46. The van der Waals surface area contributed by atoms with Crippen LogP contribution in [0.1, 0.15) is 227 Å². The lowest BCUT2D eigenvalue weighted by molar-refractivity contribution is -0.151. The summed E-state index contributed by atoms with van der Waals surface area (Å²) in [5.41, 5.74) is 0.729. The van der Waals surface area contributed by atoms with Gasteiger partial charge in [-0.25, -0.2) is 0 Å². The van der Waals surface area contributed by atoms with Crippen LogP contribution in [0.5, 0.6) is 0 Å². The SMILES string of the molecule is CCCCCC(CCCCC)CCOC(=O)CCCCCCCC(CCCCCCCC(=O)OC(C)CC(C)(C)C12CC3CC1CC3C2)OC(=O)CCCN(C)C. The third kappa shape index (κ3) is 18.3. The molecule has 4 saturated carbocycles. The second kappa shape index (κ2) is 27.3. The van der Waals surface area contributed by atoms with E-state index in [1.165, 1.54) is 77.0 Å². The summed E-state index contributed by atoms with van der Waals surface area (Å²) in [6.07, 6.45) is 32.3. The van der Waals surface area contributed by atoms with Gasteiger partial charge in [0, 0.05) is 19.3 Å². The minimum Gasteiger partial charge on any atom is -0.466 e. The summed E-state index contributed by atoms with van der Waals surface area (Å²) in [6, 6.07) is 0. The molecule has 0 spiro atoms. The zero-order valence-electron chi connectivity index (χ0n) is 38.5. The Hall–Kier alpha value is -1.63. The van der Waals surface area contributed by atoms with Gasteiger partial charge in [-0.05, 0) is 146 Å². The maximum atomic E-state index is 12.7. The Morgan fingerprint density at radius 3 is 1.65 bits per heavy atom.